The average molecular weight is 423 g/mol. The molecule has 0 amide bonds. The van der Waals surface area contributed by atoms with Crippen LogP contribution in [0.1, 0.15) is 39.5 Å². The molecule has 5 nitrogen and oxygen atoms in total. The molecule has 1 aliphatic carbocycles. The summed E-state index contributed by atoms with van der Waals surface area (Å²) in [6.07, 6.45) is 5.39. The van der Waals surface area contributed by atoms with Gasteiger partial charge in [0.05, 0.1) is 0 Å². The van der Waals surface area contributed by atoms with E-state index in [-0.39, 0.29) is 13.1 Å². The van der Waals surface area contributed by atoms with E-state index < -0.39 is 0 Å². The predicted molar refractivity (Wildman–Crippen MR) is 102 cm³/mol. The third-order valence-electron chi connectivity index (χ3n) is 4.99. The van der Waals surface area contributed by atoms with Crippen LogP contribution in [0.4, 0.5) is 0 Å². The van der Waals surface area contributed by atoms with Gasteiger partial charge in [0.1, 0.15) is 0 Å². The van der Waals surface area contributed by atoms with E-state index in [2.05, 4.69) is 40.4 Å². The fourth-order valence-corrected chi connectivity index (χ4v) is 3.39. The maximum atomic E-state index is 4.80. The Morgan fingerprint density at radius 3 is 1.54 bits per heavy atom. The van der Waals surface area contributed by atoms with Crippen LogP contribution in [-0.4, -0.2) is 63.4 Å². The molecule has 2 unspecified atom stereocenters. The van der Waals surface area contributed by atoms with E-state index in [1.54, 1.807) is 0 Å². The monoisotopic (exact) mass is 422 g/mol. The molecule has 8 heteroatoms. The standard InChI is InChI=1S/C16H35N5.2ClH.Mn/c1-13-14(2)19-11-12-21-16-6-4-3-5-15(16)20-10-8-17-7-9-18-13;;;/h13-21H,3-12H2,1-2H3;2*1H;/q;;;+2/p-2/t13-,14-,15?,16?;;;/m1.../s1. The Labute approximate surface area is 162 Å². The van der Waals surface area contributed by atoms with Crippen LogP contribution in [0.15, 0.2) is 0 Å². The van der Waals surface area contributed by atoms with Gasteiger partial charge in [-0.2, -0.15) is 0 Å². The summed E-state index contributed by atoms with van der Waals surface area (Å²) in [6.45, 7) is 10.9. The fourth-order valence-electron chi connectivity index (χ4n) is 3.39. The first-order chi connectivity index (χ1) is 11.7. The Kier molecular flexibility index (Phi) is 14.3. The van der Waals surface area contributed by atoms with Gasteiger partial charge in [0.15, 0.2) is 0 Å². The molecule has 5 N–H and O–H groups in total. The van der Waals surface area contributed by atoms with E-state index in [0.717, 1.165) is 39.3 Å². The molecule has 1 heterocycles. The van der Waals surface area contributed by atoms with Gasteiger partial charge in [-0.05, 0) is 26.7 Å². The Morgan fingerprint density at radius 2 is 1.04 bits per heavy atom. The summed E-state index contributed by atoms with van der Waals surface area (Å²) < 4.78 is 0. The van der Waals surface area contributed by atoms with Gasteiger partial charge in [0.25, 0.3) is 0 Å². The Balaban J connectivity index is 0.000000891. The molecule has 0 aromatic carbocycles. The van der Waals surface area contributed by atoms with Crippen LogP contribution >= 0.6 is 20.2 Å². The van der Waals surface area contributed by atoms with Crippen LogP contribution in [0, 0.1) is 0 Å². The van der Waals surface area contributed by atoms with Crippen molar-refractivity contribution in [3.63, 3.8) is 0 Å². The van der Waals surface area contributed by atoms with Crippen LogP contribution in [0.5, 0.6) is 0 Å². The third kappa shape index (κ3) is 10.1. The van der Waals surface area contributed by atoms with Gasteiger partial charge < -0.3 is 26.6 Å². The van der Waals surface area contributed by atoms with Gasteiger partial charge in [0, 0.05) is 63.4 Å². The predicted octanol–water partition coefficient (Wildman–Crippen LogP) is 1.41. The molecule has 0 aromatic heterocycles. The van der Waals surface area contributed by atoms with Gasteiger partial charge in [-0.1, -0.05) is 12.8 Å². The SMILES string of the molecule is C[C@H]1NCCNCCNC2CCCCC2NCCN[C@@H]1C.[Cl][Mn][Cl]. The van der Waals surface area contributed by atoms with E-state index >= 15 is 0 Å². The topological polar surface area (TPSA) is 60.1 Å². The molecule has 2 aliphatic rings. The number of halogens is 2. The summed E-state index contributed by atoms with van der Waals surface area (Å²) in [5, 5.41) is 18.2. The molecular weight excluding hydrogens is 388 g/mol. The number of hydrogen-bond acceptors (Lipinski definition) is 5. The minimum absolute atomic E-state index is 0.00694. The zero-order chi connectivity index (χ0) is 17.6. The molecule has 0 spiro atoms. The summed E-state index contributed by atoms with van der Waals surface area (Å²) in [5.41, 5.74) is 0. The van der Waals surface area contributed by atoms with E-state index in [4.69, 9.17) is 20.2 Å². The fraction of sp³-hybridized carbons (Fsp3) is 1.00. The van der Waals surface area contributed by atoms with Crippen molar-refractivity contribution in [3.8, 4) is 0 Å². The molecule has 0 bridgehead atoms. The second kappa shape index (κ2) is 15.0. The van der Waals surface area contributed by atoms with E-state index in [1.165, 1.54) is 25.7 Å². The van der Waals surface area contributed by atoms with Crippen LogP contribution < -0.4 is 26.6 Å². The normalized spacial score (nSPS) is 34.0. The zero-order valence-electron chi connectivity index (χ0n) is 15.0. The first-order valence-corrected chi connectivity index (χ1v) is 12.4. The molecule has 4 atom stereocenters. The zero-order valence-corrected chi connectivity index (χ0v) is 17.7. The van der Waals surface area contributed by atoms with E-state index in [9.17, 15) is 0 Å². The van der Waals surface area contributed by atoms with Crippen molar-refractivity contribution in [2.45, 2.75) is 63.7 Å². The van der Waals surface area contributed by atoms with Crippen LogP contribution in [0.2, 0.25) is 0 Å². The van der Waals surface area contributed by atoms with Crippen molar-refractivity contribution < 1.29 is 13.1 Å². The van der Waals surface area contributed by atoms with Gasteiger partial charge in [0.2, 0.25) is 0 Å². The van der Waals surface area contributed by atoms with E-state index in [1.807, 2.05) is 0 Å². The van der Waals surface area contributed by atoms with Crippen LogP contribution in [-0.2, 0) is 13.1 Å². The number of fused-ring (bicyclic) bond motifs is 1. The first-order valence-electron chi connectivity index (χ1n) is 9.20. The molecule has 0 aromatic rings. The van der Waals surface area contributed by atoms with Crippen molar-refractivity contribution in [1.29, 1.82) is 0 Å². The summed E-state index contributed by atoms with van der Waals surface area (Å²) in [4.78, 5) is 0. The molecule has 24 heavy (non-hydrogen) atoms. The molecular formula is C16H35Cl2MnN5. The van der Waals surface area contributed by atoms with Gasteiger partial charge in [-0.15, -0.1) is 0 Å². The Morgan fingerprint density at radius 1 is 0.667 bits per heavy atom. The number of nitrogens with one attached hydrogen (secondary N) is 5. The molecule has 0 radical (unpaired) electrons. The van der Waals surface area contributed by atoms with Gasteiger partial charge >= 0.3 is 33.3 Å². The summed E-state index contributed by atoms with van der Waals surface area (Å²) in [6, 6.07) is 2.33. The Bertz CT molecular complexity index is 302. The molecule has 2 rings (SSSR count). The summed E-state index contributed by atoms with van der Waals surface area (Å²) in [7, 11) is 9.59. The first kappa shape index (κ1) is 22.9. The molecule has 145 valence electrons. The van der Waals surface area contributed by atoms with Crippen LogP contribution in [0.3, 0.4) is 0 Å². The quantitative estimate of drug-likeness (QED) is 0.382. The van der Waals surface area contributed by atoms with Crippen molar-refractivity contribution in [3.05, 3.63) is 0 Å². The third-order valence-corrected chi connectivity index (χ3v) is 4.99. The molecule has 1 aliphatic heterocycles. The van der Waals surface area contributed by atoms with Crippen LogP contribution in [0.25, 0.3) is 0 Å². The maximum absolute atomic E-state index is 4.80. The number of hydrogen-bond donors (Lipinski definition) is 5. The second-order valence-corrected chi connectivity index (χ2v) is 8.64. The van der Waals surface area contributed by atoms with E-state index in [0.29, 0.717) is 24.2 Å². The summed E-state index contributed by atoms with van der Waals surface area (Å²) >= 11 is 0.00694. The minimum atomic E-state index is 0.00694. The van der Waals surface area contributed by atoms with Gasteiger partial charge in [-0.25, -0.2) is 0 Å². The molecule has 1 saturated heterocycles. The summed E-state index contributed by atoms with van der Waals surface area (Å²) in [5.74, 6) is 0. The average Bonchev–Trinajstić information content (AvgIpc) is 2.59. The second-order valence-electron chi connectivity index (χ2n) is 6.70. The Hall–Kier alpha value is 0.899. The molecule has 1 saturated carbocycles. The number of rotatable bonds is 0. The molecule has 2 fully saturated rings. The van der Waals surface area contributed by atoms with Crippen molar-refractivity contribution in [1.82, 2.24) is 26.6 Å². The van der Waals surface area contributed by atoms with Crippen molar-refractivity contribution in [2.75, 3.05) is 39.3 Å². The van der Waals surface area contributed by atoms with Crippen molar-refractivity contribution >= 4 is 20.2 Å². The van der Waals surface area contributed by atoms with Gasteiger partial charge in [-0.3, -0.25) is 0 Å². The van der Waals surface area contributed by atoms with Crippen molar-refractivity contribution in [2.24, 2.45) is 0 Å².